The van der Waals surface area contributed by atoms with Crippen LogP contribution < -0.4 is 11.1 Å². The summed E-state index contributed by atoms with van der Waals surface area (Å²) < 4.78 is 0. The molecule has 0 aliphatic rings. The number of nitrogens with one attached hydrogen (secondary N) is 1. The third kappa shape index (κ3) is 2.83. The molecule has 1 aromatic carbocycles. The molecule has 1 aromatic heterocycles. The number of thiophene rings is 1. The number of nitrogens with zero attached hydrogens (tertiary/aromatic N) is 1. The fraction of sp³-hybridized carbons (Fsp3) is 0. The number of nitrogen functional groups attached to an aromatic ring is 1. The summed E-state index contributed by atoms with van der Waals surface area (Å²) in [5.74, 6) is -0.483. The molecule has 0 unspecified atom stereocenters. The van der Waals surface area contributed by atoms with E-state index in [-0.39, 0.29) is 22.0 Å². The van der Waals surface area contributed by atoms with Crippen LogP contribution in [0.25, 0.3) is 0 Å². The molecule has 8 heteroatoms. The largest absolute Gasteiger partial charge is 0.392 e. The quantitative estimate of drug-likeness (QED) is 0.516. The number of nitro benzene ring substituents is 1. The summed E-state index contributed by atoms with van der Waals surface area (Å²) in [6.45, 7) is 0. The number of rotatable bonds is 3. The Morgan fingerprint density at radius 2 is 2.21 bits per heavy atom. The highest BCUT2D eigenvalue weighted by atomic mass is 35.5. The number of nitro groups is 1. The second kappa shape index (κ2) is 5.25. The van der Waals surface area contributed by atoms with Crippen LogP contribution in [-0.2, 0) is 0 Å². The van der Waals surface area contributed by atoms with Gasteiger partial charge in [-0.15, -0.1) is 0 Å². The van der Waals surface area contributed by atoms with Gasteiger partial charge in [0.25, 0.3) is 11.6 Å². The molecule has 2 rings (SSSR count). The Hall–Kier alpha value is -2.12. The summed E-state index contributed by atoms with van der Waals surface area (Å²) in [5, 5.41) is 16.9. The maximum Gasteiger partial charge on any atom is 0.294 e. The van der Waals surface area contributed by atoms with Crippen LogP contribution in [0, 0.1) is 10.1 Å². The van der Waals surface area contributed by atoms with Gasteiger partial charge in [0.1, 0.15) is 5.69 Å². The van der Waals surface area contributed by atoms with Crippen molar-refractivity contribution in [3.63, 3.8) is 0 Å². The second-order valence-electron chi connectivity index (χ2n) is 3.61. The lowest BCUT2D eigenvalue weighted by molar-refractivity contribution is -0.383. The van der Waals surface area contributed by atoms with E-state index in [0.29, 0.717) is 5.69 Å². The average molecular weight is 298 g/mol. The smallest absolute Gasteiger partial charge is 0.294 e. The second-order valence-corrected chi connectivity index (χ2v) is 4.80. The number of halogens is 1. The van der Waals surface area contributed by atoms with Gasteiger partial charge >= 0.3 is 0 Å². The van der Waals surface area contributed by atoms with Crippen LogP contribution in [0.4, 0.5) is 17.1 Å². The van der Waals surface area contributed by atoms with Gasteiger partial charge in [0.05, 0.1) is 15.6 Å². The summed E-state index contributed by atoms with van der Waals surface area (Å²) in [5.41, 5.74) is 5.64. The minimum absolute atomic E-state index is 0.0235. The van der Waals surface area contributed by atoms with Crippen molar-refractivity contribution in [2.45, 2.75) is 0 Å². The van der Waals surface area contributed by atoms with E-state index in [1.54, 1.807) is 16.8 Å². The number of carbonyl (C=O) groups excluding carboxylic acids is 1. The van der Waals surface area contributed by atoms with Crippen molar-refractivity contribution >= 4 is 45.9 Å². The SMILES string of the molecule is Nc1c(Cl)cc(C(=O)Nc2ccsc2)cc1[N+](=O)[O-]. The van der Waals surface area contributed by atoms with Crippen LogP contribution in [0.1, 0.15) is 10.4 Å². The number of amides is 1. The van der Waals surface area contributed by atoms with Crippen LogP contribution >= 0.6 is 22.9 Å². The van der Waals surface area contributed by atoms with Gasteiger partial charge in [-0.1, -0.05) is 11.6 Å². The van der Waals surface area contributed by atoms with Crippen molar-refractivity contribution in [3.05, 3.63) is 49.7 Å². The summed E-state index contributed by atoms with van der Waals surface area (Å²) in [4.78, 5) is 22.0. The van der Waals surface area contributed by atoms with Gasteiger partial charge < -0.3 is 11.1 Å². The zero-order valence-electron chi connectivity index (χ0n) is 9.42. The first-order valence-corrected chi connectivity index (χ1v) is 6.38. The molecule has 0 radical (unpaired) electrons. The highest BCUT2D eigenvalue weighted by Crippen LogP contribution is 2.31. The van der Waals surface area contributed by atoms with Crippen LogP contribution in [0.3, 0.4) is 0 Å². The zero-order valence-corrected chi connectivity index (χ0v) is 11.0. The molecular weight excluding hydrogens is 290 g/mol. The van der Waals surface area contributed by atoms with Gasteiger partial charge in [-0.3, -0.25) is 14.9 Å². The monoisotopic (exact) mass is 297 g/mol. The van der Waals surface area contributed by atoms with E-state index in [2.05, 4.69) is 5.32 Å². The molecular formula is C11H8ClN3O3S. The Bertz CT molecular complexity index is 643. The summed E-state index contributed by atoms with van der Waals surface area (Å²) in [6.07, 6.45) is 0. The van der Waals surface area contributed by atoms with Crippen LogP contribution in [0.2, 0.25) is 5.02 Å². The van der Waals surface area contributed by atoms with Gasteiger partial charge in [0, 0.05) is 17.0 Å². The highest BCUT2D eigenvalue weighted by Gasteiger charge is 2.19. The number of hydrogen-bond donors (Lipinski definition) is 2. The van der Waals surface area contributed by atoms with Gasteiger partial charge in [-0.2, -0.15) is 11.3 Å². The number of anilines is 2. The Morgan fingerprint density at radius 3 is 2.79 bits per heavy atom. The van der Waals surface area contributed by atoms with Crippen LogP contribution in [0.15, 0.2) is 29.0 Å². The molecule has 6 nitrogen and oxygen atoms in total. The van der Waals surface area contributed by atoms with Crippen molar-refractivity contribution in [1.29, 1.82) is 0 Å². The van der Waals surface area contributed by atoms with Crippen molar-refractivity contribution in [3.8, 4) is 0 Å². The van der Waals surface area contributed by atoms with E-state index < -0.39 is 10.8 Å². The van der Waals surface area contributed by atoms with E-state index in [9.17, 15) is 14.9 Å². The lowest BCUT2D eigenvalue weighted by atomic mass is 10.1. The number of hydrogen-bond acceptors (Lipinski definition) is 5. The summed E-state index contributed by atoms with van der Waals surface area (Å²) in [7, 11) is 0. The van der Waals surface area contributed by atoms with E-state index in [1.807, 2.05) is 0 Å². The van der Waals surface area contributed by atoms with Gasteiger partial charge in [-0.05, 0) is 17.5 Å². The average Bonchev–Trinajstić information content (AvgIpc) is 2.84. The van der Waals surface area contributed by atoms with Crippen LogP contribution in [0.5, 0.6) is 0 Å². The summed E-state index contributed by atoms with van der Waals surface area (Å²) in [6, 6.07) is 4.12. The Morgan fingerprint density at radius 1 is 1.47 bits per heavy atom. The van der Waals surface area contributed by atoms with Gasteiger partial charge in [0.15, 0.2) is 0 Å². The molecule has 3 N–H and O–H groups in total. The normalized spacial score (nSPS) is 10.2. The molecule has 0 saturated carbocycles. The van der Waals surface area contributed by atoms with E-state index >= 15 is 0 Å². The maximum atomic E-state index is 11.9. The molecule has 0 spiro atoms. The third-order valence-electron chi connectivity index (χ3n) is 2.35. The van der Waals surface area contributed by atoms with Crippen molar-refractivity contribution in [2.24, 2.45) is 0 Å². The molecule has 0 aliphatic carbocycles. The topological polar surface area (TPSA) is 98.3 Å². The third-order valence-corrected chi connectivity index (χ3v) is 3.34. The fourth-order valence-electron chi connectivity index (χ4n) is 1.42. The minimum atomic E-state index is -0.678. The Kier molecular flexibility index (Phi) is 3.68. The predicted octanol–water partition coefficient (Wildman–Crippen LogP) is 3.14. The molecule has 1 heterocycles. The Balaban J connectivity index is 2.35. The first-order valence-electron chi connectivity index (χ1n) is 5.06. The molecule has 0 atom stereocenters. The molecule has 98 valence electrons. The summed E-state index contributed by atoms with van der Waals surface area (Å²) >= 11 is 7.20. The van der Waals surface area contributed by atoms with Gasteiger partial charge in [-0.25, -0.2) is 0 Å². The maximum absolute atomic E-state index is 11.9. The lowest BCUT2D eigenvalue weighted by Crippen LogP contribution is -2.12. The first kappa shape index (κ1) is 13.3. The Labute approximate surface area is 117 Å². The molecule has 0 fully saturated rings. The standard InChI is InChI=1S/C11H8ClN3O3S/c12-8-3-6(4-9(10(8)13)15(17)18)11(16)14-7-1-2-19-5-7/h1-5H,13H2,(H,14,16). The molecule has 1 amide bonds. The lowest BCUT2D eigenvalue weighted by Gasteiger charge is -2.05. The van der Waals surface area contributed by atoms with Gasteiger partial charge in [0.2, 0.25) is 0 Å². The van der Waals surface area contributed by atoms with E-state index in [4.69, 9.17) is 17.3 Å². The van der Waals surface area contributed by atoms with Crippen LogP contribution in [-0.4, -0.2) is 10.8 Å². The number of benzene rings is 1. The highest BCUT2D eigenvalue weighted by molar-refractivity contribution is 7.08. The number of carbonyl (C=O) groups is 1. The molecule has 2 aromatic rings. The van der Waals surface area contributed by atoms with E-state index in [1.165, 1.54) is 17.4 Å². The van der Waals surface area contributed by atoms with E-state index in [0.717, 1.165) is 6.07 Å². The molecule has 0 aliphatic heterocycles. The zero-order chi connectivity index (χ0) is 14.0. The molecule has 0 saturated heterocycles. The van der Waals surface area contributed by atoms with Crippen molar-refractivity contribution < 1.29 is 9.72 Å². The molecule has 19 heavy (non-hydrogen) atoms. The molecule has 0 bridgehead atoms. The first-order chi connectivity index (χ1) is 8.99. The predicted molar refractivity (Wildman–Crippen MR) is 74.8 cm³/mol. The minimum Gasteiger partial charge on any atom is -0.392 e. The fourth-order valence-corrected chi connectivity index (χ4v) is 2.23. The van der Waals surface area contributed by atoms with Crippen molar-refractivity contribution in [2.75, 3.05) is 11.1 Å². The number of nitrogens with two attached hydrogens (primary N) is 1. The van der Waals surface area contributed by atoms with Crippen molar-refractivity contribution in [1.82, 2.24) is 0 Å².